The molecular formula is C20H18F3IN4O3. The molecular weight excluding hydrogens is 528 g/mol. The number of carbonyl (C=O) groups is 1. The van der Waals surface area contributed by atoms with Crippen LogP contribution in [0.15, 0.2) is 76.3 Å². The number of hydrogen-bond donors (Lipinski definition) is 3. The number of ether oxygens (including phenoxy) is 1. The molecule has 1 heterocycles. The van der Waals surface area contributed by atoms with Crippen molar-refractivity contribution in [2.24, 2.45) is 10.7 Å². The Kier molecular flexibility index (Phi) is 8.30. The summed E-state index contributed by atoms with van der Waals surface area (Å²) in [5.41, 5.74) is 7.14. The van der Waals surface area contributed by atoms with E-state index in [0.717, 1.165) is 5.56 Å². The van der Waals surface area contributed by atoms with E-state index in [-0.39, 0.29) is 53.8 Å². The van der Waals surface area contributed by atoms with Crippen LogP contribution in [0.25, 0.3) is 0 Å². The van der Waals surface area contributed by atoms with Gasteiger partial charge < -0.3 is 25.5 Å². The first-order valence-electron chi connectivity index (χ1n) is 8.66. The molecule has 0 fully saturated rings. The fourth-order valence-corrected chi connectivity index (χ4v) is 2.43. The number of para-hydroxylation sites is 2. The lowest BCUT2D eigenvalue weighted by Crippen LogP contribution is -2.24. The summed E-state index contributed by atoms with van der Waals surface area (Å²) in [6.07, 6.45) is -3.42. The molecule has 4 N–H and O–H groups in total. The van der Waals surface area contributed by atoms with Gasteiger partial charge >= 0.3 is 6.36 Å². The van der Waals surface area contributed by atoms with Crippen LogP contribution in [0, 0.1) is 0 Å². The molecule has 164 valence electrons. The number of aliphatic imine (C=N–C) groups is 1. The summed E-state index contributed by atoms with van der Waals surface area (Å²) in [7, 11) is 0. The number of anilines is 2. The molecule has 0 spiro atoms. The lowest BCUT2D eigenvalue weighted by atomic mass is 10.2. The number of halogens is 4. The molecule has 0 aliphatic rings. The quantitative estimate of drug-likeness (QED) is 0.230. The summed E-state index contributed by atoms with van der Waals surface area (Å²) in [5, 5.41) is 5.27. The molecule has 0 saturated heterocycles. The Hall–Kier alpha value is -3.22. The van der Waals surface area contributed by atoms with E-state index >= 15 is 0 Å². The molecule has 1 amide bonds. The summed E-state index contributed by atoms with van der Waals surface area (Å²) in [4.78, 5) is 16.0. The summed E-state index contributed by atoms with van der Waals surface area (Å²) in [6.45, 7) is 0.174. The molecule has 0 bridgehead atoms. The molecule has 3 aromatic rings. The minimum atomic E-state index is -4.82. The average Bonchev–Trinajstić information content (AvgIpc) is 3.23. The van der Waals surface area contributed by atoms with E-state index in [1.54, 1.807) is 36.4 Å². The Labute approximate surface area is 192 Å². The van der Waals surface area contributed by atoms with Crippen LogP contribution in [-0.4, -0.2) is 18.2 Å². The molecule has 3 rings (SSSR count). The molecule has 0 aliphatic carbocycles. The third kappa shape index (κ3) is 7.51. The smallest absolute Gasteiger partial charge is 0.459 e. The monoisotopic (exact) mass is 546 g/mol. The second kappa shape index (κ2) is 10.7. The largest absolute Gasteiger partial charge is 0.573 e. The number of nitrogens with zero attached hydrogens (tertiary/aromatic N) is 1. The second-order valence-electron chi connectivity index (χ2n) is 6.00. The van der Waals surface area contributed by atoms with E-state index in [2.05, 4.69) is 20.4 Å². The zero-order valence-corrected chi connectivity index (χ0v) is 18.2. The Bertz CT molecular complexity index is 1020. The predicted octanol–water partition coefficient (Wildman–Crippen LogP) is 4.98. The first-order chi connectivity index (χ1) is 14.3. The van der Waals surface area contributed by atoms with Gasteiger partial charge in [0.2, 0.25) is 0 Å². The van der Waals surface area contributed by atoms with Gasteiger partial charge in [0, 0.05) is 5.69 Å². The summed E-state index contributed by atoms with van der Waals surface area (Å²) in [6, 6.07) is 15.5. The van der Waals surface area contributed by atoms with Crippen LogP contribution >= 0.6 is 24.0 Å². The van der Waals surface area contributed by atoms with Crippen molar-refractivity contribution in [3.8, 4) is 5.75 Å². The molecule has 0 atom stereocenters. The number of amides is 1. The minimum absolute atomic E-state index is 0. The van der Waals surface area contributed by atoms with Crippen molar-refractivity contribution in [2.75, 3.05) is 10.6 Å². The van der Waals surface area contributed by atoms with Crippen LogP contribution in [0.2, 0.25) is 0 Å². The number of nitrogens with two attached hydrogens (primary N) is 1. The van der Waals surface area contributed by atoms with E-state index in [0.29, 0.717) is 5.69 Å². The standard InChI is InChI=1S/C20H17F3N4O3.HI/c21-20(22,23)30-16-5-2-1-4-15(16)27-19(24)25-12-13-7-9-14(10-8-13)26-18(28)17-6-3-11-29-17;/h1-11H,12H2,(H,26,28)(H3,24,25,27);1H. The van der Waals surface area contributed by atoms with Crippen LogP contribution in [0.4, 0.5) is 24.5 Å². The van der Waals surface area contributed by atoms with Gasteiger partial charge in [-0.2, -0.15) is 0 Å². The number of hydrogen-bond acceptors (Lipinski definition) is 4. The third-order valence-corrected chi connectivity index (χ3v) is 3.76. The number of benzene rings is 2. The van der Waals surface area contributed by atoms with Crippen LogP contribution in [0.5, 0.6) is 5.75 Å². The SMILES string of the molecule is I.NC(=NCc1ccc(NC(=O)c2ccco2)cc1)Nc1ccccc1OC(F)(F)F. The summed E-state index contributed by atoms with van der Waals surface area (Å²) in [5.74, 6) is -0.681. The zero-order valence-electron chi connectivity index (χ0n) is 15.8. The van der Waals surface area contributed by atoms with Crippen molar-refractivity contribution in [3.05, 3.63) is 78.3 Å². The molecule has 2 aromatic carbocycles. The second-order valence-corrected chi connectivity index (χ2v) is 6.00. The number of guanidine groups is 1. The van der Waals surface area contributed by atoms with Crippen molar-refractivity contribution in [1.82, 2.24) is 0 Å². The highest BCUT2D eigenvalue weighted by atomic mass is 127. The van der Waals surface area contributed by atoms with Crippen LogP contribution in [0.3, 0.4) is 0 Å². The fraction of sp³-hybridized carbons (Fsp3) is 0.100. The van der Waals surface area contributed by atoms with Gasteiger partial charge in [0.25, 0.3) is 5.91 Å². The van der Waals surface area contributed by atoms with Gasteiger partial charge in [-0.3, -0.25) is 4.79 Å². The highest BCUT2D eigenvalue weighted by molar-refractivity contribution is 14.0. The van der Waals surface area contributed by atoms with Gasteiger partial charge in [-0.25, -0.2) is 4.99 Å². The number of alkyl halides is 3. The minimum Gasteiger partial charge on any atom is -0.459 e. The number of furan rings is 1. The summed E-state index contributed by atoms with van der Waals surface area (Å²) < 4.78 is 46.4. The maximum absolute atomic E-state index is 12.5. The highest BCUT2D eigenvalue weighted by Crippen LogP contribution is 2.29. The van der Waals surface area contributed by atoms with Gasteiger partial charge in [-0.1, -0.05) is 24.3 Å². The van der Waals surface area contributed by atoms with E-state index < -0.39 is 12.1 Å². The predicted molar refractivity (Wildman–Crippen MR) is 121 cm³/mol. The average molecular weight is 546 g/mol. The van der Waals surface area contributed by atoms with Crippen LogP contribution in [-0.2, 0) is 6.54 Å². The molecule has 0 radical (unpaired) electrons. The first-order valence-corrected chi connectivity index (χ1v) is 8.66. The molecule has 7 nitrogen and oxygen atoms in total. The zero-order chi connectivity index (χ0) is 21.6. The molecule has 0 saturated carbocycles. The van der Waals surface area contributed by atoms with Gasteiger partial charge in [-0.15, -0.1) is 37.1 Å². The number of rotatable bonds is 6. The van der Waals surface area contributed by atoms with Crippen molar-refractivity contribution in [2.45, 2.75) is 12.9 Å². The van der Waals surface area contributed by atoms with Gasteiger partial charge in [0.1, 0.15) is 0 Å². The first kappa shape index (κ1) is 24.1. The van der Waals surface area contributed by atoms with Crippen LogP contribution < -0.4 is 21.1 Å². The van der Waals surface area contributed by atoms with E-state index in [9.17, 15) is 18.0 Å². The number of carbonyl (C=O) groups excluding carboxylic acids is 1. The lowest BCUT2D eigenvalue weighted by Gasteiger charge is -2.14. The molecule has 0 unspecified atom stereocenters. The summed E-state index contributed by atoms with van der Waals surface area (Å²) >= 11 is 0. The van der Waals surface area contributed by atoms with Crippen molar-refractivity contribution in [3.63, 3.8) is 0 Å². The van der Waals surface area contributed by atoms with Gasteiger partial charge in [0.15, 0.2) is 17.5 Å². The lowest BCUT2D eigenvalue weighted by molar-refractivity contribution is -0.274. The topological polar surface area (TPSA) is 102 Å². The Morgan fingerprint density at radius 2 is 1.74 bits per heavy atom. The van der Waals surface area contributed by atoms with Gasteiger partial charge in [-0.05, 0) is 42.0 Å². The normalized spacial score (nSPS) is 11.4. The van der Waals surface area contributed by atoms with Crippen LogP contribution in [0.1, 0.15) is 16.1 Å². The van der Waals surface area contributed by atoms with E-state index in [1.807, 2.05) is 0 Å². The maximum atomic E-state index is 12.5. The van der Waals surface area contributed by atoms with Crippen molar-refractivity contribution >= 4 is 47.2 Å². The van der Waals surface area contributed by atoms with E-state index in [4.69, 9.17) is 10.2 Å². The maximum Gasteiger partial charge on any atom is 0.573 e. The third-order valence-electron chi connectivity index (χ3n) is 3.76. The van der Waals surface area contributed by atoms with Crippen molar-refractivity contribution in [1.29, 1.82) is 0 Å². The molecule has 31 heavy (non-hydrogen) atoms. The molecule has 11 heteroatoms. The number of nitrogens with one attached hydrogen (secondary N) is 2. The van der Waals surface area contributed by atoms with Gasteiger partial charge in [0.05, 0.1) is 18.5 Å². The Morgan fingerprint density at radius 1 is 1.03 bits per heavy atom. The Balaban J connectivity index is 0.00000341. The molecule has 1 aromatic heterocycles. The van der Waals surface area contributed by atoms with E-state index in [1.165, 1.54) is 30.5 Å². The fourth-order valence-electron chi connectivity index (χ4n) is 2.43. The highest BCUT2D eigenvalue weighted by Gasteiger charge is 2.32. The Morgan fingerprint density at radius 3 is 2.39 bits per heavy atom. The molecule has 0 aliphatic heterocycles. The van der Waals surface area contributed by atoms with Crippen molar-refractivity contribution < 1.29 is 27.1 Å².